The molecule has 7 nitrogen and oxygen atoms in total. The number of nitrogens with zero attached hydrogens (tertiary/aromatic N) is 2. The van der Waals surface area contributed by atoms with Crippen LogP contribution in [0.2, 0.25) is 0 Å². The molecule has 0 amide bonds. The molecule has 46 heavy (non-hydrogen) atoms. The molecule has 1 saturated heterocycles. The molecule has 0 unspecified atom stereocenters. The maximum absolute atomic E-state index is 14.3. The average molecular weight is 616 g/mol. The van der Waals surface area contributed by atoms with Gasteiger partial charge in [-0.1, -0.05) is 60.2 Å². The first-order valence-corrected chi connectivity index (χ1v) is 15.3. The van der Waals surface area contributed by atoms with E-state index in [0.717, 1.165) is 48.3 Å². The number of aldehydes is 1. The van der Waals surface area contributed by atoms with Crippen molar-refractivity contribution in [3.63, 3.8) is 0 Å². The van der Waals surface area contributed by atoms with Crippen molar-refractivity contribution >= 4 is 17.9 Å². The van der Waals surface area contributed by atoms with E-state index in [1.807, 2.05) is 72.3 Å². The van der Waals surface area contributed by atoms with E-state index in [9.17, 15) is 18.8 Å². The Bertz CT molecular complexity index is 1960. The topological polar surface area (TPSA) is 104 Å². The van der Waals surface area contributed by atoms with Gasteiger partial charge in [-0.3, -0.25) is 14.4 Å². The minimum atomic E-state index is -0.611. The molecule has 6 rings (SSSR count). The third kappa shape index (κ3) is 6.72. The molecule has 0 spiro atoms. The molecular formula is C38H34FN3O4. The fraction of sp³-hybridized carbons (Fsp3) is 0.211. The summed E-state index contributed by atoms with van der Waals surface area (Å²) in [7, 11) is 0. The molecular weight excluding hydrogens is 581 g/mol. The first-order valence-electron chi connectivity index (χ1n) is 15.3. The van der Waals surface area contributed by atoms with E-state index in [1.54, 1.807) is 18.5 Å². The molecule has 0 saturated carbocycles. The van der Waals surface area contributed by atoms with Gasteiger partial charge in [-0.05, 0) is 66.1 Å². The van der Waals surface area contributed by atoms with E-state index in [4.69, 9.17) is 10.5 Å². The van der Waals surface area contributed by atoms with Crippen LogP contribution in [-0.4, -0.2) is 34.8 Å². The number of ketones is 1. The van der Waals surface area contributed by atoms with Gasteiger partial charge < -0.3 is 15.0 Å². The summed E-state index contributed by atoms with van der Waals surface area (Å²) in [5.41, 5.74) is 11.9. The SMILES string of the molecule is Cc1ccc(-c2cn(CC3CCOCC3)cc(C(=O)Cc3ccc(-c4cc(-c5ccc(C=O)c(F)c5)cnc4N)cc3)c2=O)cc1. The lowest BCUT2D eigenvalue weighted by atomic mass is 9.96. The Morgan fingerprint density at radius 1 is 0.935 bits per heavy atom. The van der Waals surface area contributed by atoms with Gasteiger partial charge in [0.2, 0.25) is 0 Å². The number of benzene rings is 3. The van der Waals surface area contributed by atoms with Crippen molar-refractivity contribution in [2.75, 3.05) is 18.9 Å². The van der Waals surface area contributed by atoms with Crippen LogP contribution in [0.15, 0.2) is 96.2 Å². The van der Waals surface area contributed by atoms with E-state index >= 15 is 0 Å². The number of pyridine rings is 2. The predicted molar refractivity (Wildman–Crippen MR) is 177 cm³/mol. The second-order valence-corrected chi connectivity index (χ2v) is 11.8. The van der Waals surface area contributed by atoms with E-state index in [0.29, 0.717) is 46.8 Å². The molecule has 1 aliphatic heterocycles. The Morgan fingerprint density at radius 2 is 1.61 bits per heavy atom. The van der Waals surface area contributed by atoms with Crippen LogP contribution in [0, 0.1) is 18.7 Å². The van der Waals surface area contributed by atoms with Gasteiger partial charge in [-0.25, -0.2) is 9.37 Å². The zero-order chi connectivity index (χ0) is 32.2. The molecule has 1 aliphatic rings. The molecule has 1 fully saturated rings. The number of hydrogen-bond acceptors (Lipinski definition) is 6. The summed E-state index contributed by atoms with van der Waals surface area (Å²) in [4.78, 5) is 42.7. The van der Waals surface area contributed by atoms with Crippen LogP contribution in [0.5, 0.6) is 0 Å². The summed E-state index contributed by atoms with van der Waals surface area (Å²) in [6.45, 7) is 4.14. The van der Waals surface area contributed by atoms with E-state index in [2.05, 4.69) is 4.98 Å². The maximum Gasteiger partial charge on any atom is 0.200 e. The third-order valence-electron chi connectivity index (χ3n) is 8.56. The number of aryl methyl sites for hydroxylation is 1. The predicted octanol–water partition coefficient (Wildman–Crippen LogP) is 6.94. The summed E-state index contributed by atoms with van der Waals surface area (Å²) in [5, 5.41) is 0. The fourth-order valence-electron chi connectivity index (χ4n) is 5.85. The lowest BCUT2D eigenvalue weighted by Gasteiger charge is -2.23. The van der Waals surface area contributed by atoms with Crippen LogP contribution in [0.3, 0.4) is 0 Å². The van der Waals surface area contributed by atoms with Crippen LogP contribution < -0.4 is 11.2 Å². The lowest BCUT2D eigenvalue weighted by molar-refractivity contribution is 0.0612. The Hall–Kier alpha value is -5.21. The minimum absolute atomic E-state index is 0.0161. The normalized spacial score (nSPS) is 13.4. The zero-order valence-electron chi connectivity index (χ0n) is 25.5. The first-order chi connectivity index (χ1) is 22.3. The van der Waals surface area contributed by atoms with Crippen molar-refractivity contribution in [3.05, 3.63) is 130 Å². The molecule has 0 aliphatic carbocycles. The third-order valence-corrected chi connectivity index (χ3v) is 8.56. The number of anilines is 1. The van der Waals surface area contributed by atoms with Crippen molar-refractivity contribution in [1.82, 2.24) is 9.55 Å². The Kier molecular flexibility index (Phi) is 8.99. The average Bonchev–Trinajstić information content (AvgIpc) is 3.07. The van der Waals surface area contributed by atoms with Gasteiger partial charge in [0, 0.05) is 61.5 Å². The van der Waals surface area contributed by atoms with E-state index in [-0.39, 0.29) is 28.8 Å². The summed E-state index contributed by atoms with van der Waals surface area (Å²) >= 11 is 0. The number of carbonyl (C=O) groups excluding carboxylic acids is 2. The molecule has 232 valence electrons. The quantitative estimate of drug-likeness (QED) is 0.142. The summed E-state index contributed by atoms with van der Waals surface area (Å²) in [5.74, 6) is -0.153. The first kappa shape index (κ1) is 30.8. The van der Waals surface area contributed by atoms with Gasteiger partial charge in [0.15, 0.2) is 17.5 Å². The van der Waals surface area contributed by atoms with Gasteiger partial charge in [0.05, 0.1) is 11.1 Å². The summed E-state index contributed by atoms with van der Waals surface area (Å²) < 4.78 is 21.8. The number of carbonyl (C=O) groups is 2. The minimum Gasteiger partial charge on any atom is -0.383 e. The highest BCUT2D eigenvalue weighted by Crippen LogP contribution is 2.31. The molecule has 0 atom stereocenters. The number of nitrogen functional groups attached to an aromatic ring is 1. The van der Waals surface area contributed by atoms with Crippen LogP contribution >= 0.6 is 0 Å². The Morgan fingerprint density at radius 3 is 2.30 bits per heavy atom. The second kappa shape index (κ2) is 13.4. The Labute approximate surface area is 266 Å². The van der Waals surface area contributed by atoms with Gasteiger partial charge in [-0.15, -0.1) is 0 Å². The zero-order valence-corrected chi connectivity index (χ0v) is 25.5. The molecule has 8 heteroatoms. The largest absolute Gasteiger partial charge is 0.383 e. The number of aromatic nitrogens is 2. The molecule has 3 heterocycles. The fourth-order valence-corrected chi connectivity index (χ4v) is 5.85. The number of Topliss-reactive ketones (excluding diaryl/α,β-unsaturated/α-hetero) is 1. The number of ether oxygens (including phenoxy) is 1. The molecule has 0 bridgehead atoms. The van der Waals surface area contributed by atoms with Gasteiger partial charge >= 0.3 is 0 Å². The van der Waals surface area contributed by atoms with Crippen molar-refractivity contribution < 1.29 is 18.7 Å². The van der Waals surface area contributed by atoms with Crippen molar-refractivity contribution in [2.45, 2.75) is 32.7 Å². The van der Waals surface area contributed by atoms with Gasteiger partial charge in [0.1, 0.15) is 11.6 Å². The van der Waals surface area contributed by atoms with Crippen LogP contribution in [0.25, 0.3) is 33.4 Å². The van der Waals surface area contributed by atoms with Crippen molar-refractivity contribution in [3.8, 4) is 33.4 Å². The van der Waals surface area contributed by atoms with Gasteiger partial charge in [-0.2, -0.15) is 0 Å². The molecule has 0 radical (unpaired) electrons. The maximum atomic E-state index is 14.3. The smallest absolute Gasteiger partial charge is 0.200 e. The van der Waals surface area contributed by atoms with E-state index in [1.165, 1.54) is 12.1 Å². The second-order valence-electron chi connectivity index (χ2n) is 11.8. The van der Waals surface area contributed by atoms with Crippen LogP contribution in [0.4, 0.5) is 10.2 Å². The van der Waals surface area contributed by atoms with Crippen molar-refractivity contribution in [2.24, 2.45) is 5.92 Å². The summed E-state index contributed by atoms with van der Waals surface area (Å²) in [6, 6.07) is 21.3. The monoisotopic (exact) mass is 615 g/mol. The lowest BCUT2D eigenvalue weighted by Crippen LogP contribution is -2.25. The number of rotatable bonds is 9. The standard InChI is InChI=1S/C38H34FN3O4/c1-24-2-6-28(7-3-24)33-21-42(20-26-12-14-46-15-13-26)22-34(37(33)45)36(44)16-25-4-8-27(9-5-25)32-17-31(19-41-38(32)40)29-10-11-30(23-43)35(39)18-29/h2-11,17-19,21-23,26H,12-16,20H2,1H3,(H2,40,41). The van der Waals surface area contributed by atoms with Crippen molar-refractivity contribution in [1.29, 1.82) is 0 Å². The van der Waals surface area contributed by atoms with E-state index < -0.39 is 5.82 Å². The van der Waals surface area contributed by atoms with Gasteiger partial charge in [0.25, 0.3) is 0 Å². The number of nitrogens with two attached hydrogens (primary N) is 1. The highest BCUT2D eigenvalue weighted by Gasteiger charge is 2.20. The molecule has 3 aromatic carbocycles. The number of hydrogen-bond donors (Lipinski definition) is 1. The highest BCUT2D eigenvalue weighted by atomic mass is 19.1. The Balaban J connectivity index is 1.27. The molecule has 5 aromatic rings. The number of halogens is 1. The molecule has 2 N–H and O–H groups in total. The molecule has 2 aromatic heterocycles. The highest BCUT2D eigenvalue weighted by molar-refractivity contribution is 5.98. The van der Waals surface area contributed by atoms with Crippen LogP contribution in [0.1, 0.15) is 44.7 Å². The van der Waals surface area contributed by atoms with Crippen LogP contribution in [-0.2, 0) is 17.7 Å². The summed E-state index contributed by atoms with van der Waals surface area (Å²) in [6.07, 6.45) is 7.53.